The molecule has 2 aromatic rings. The van der Waals surface area contributed by atoms with Crippen molar-refractivity contribution in [2.75, 3.05) is 18.6 Å². The summed E-state index contributed by atoms with van der Waals surface area (Å²) in [6, 6.07) is 14.1. The molecule has 5 nitrogen and oxygen atoms in total. The van der Waals surface area contributed by atoms with Gasteiger partial charge >= 0.3 is 0 Å². The molecule has 0 aromatic heterocycles. The fourth-order valence-corrected chi connectivity index (χ4v) is 4.32. The second-order valence-corrected chi connectivity index (χ2v) is 7.73. The molecule has 2 aromatic carbocycles. The summed E-state index contributed by atoms with van der Waals surface area (Å²) in [6.07, 6.45) is 3.31. The first-order valence-corrected chi connectivity index (χ1v) is 9.90. The van der Waals surface area contributed by atoms with E-state index < -0.39 is 0 Å². The van der Waals surface area contributed by atoms with E-state index in [0.717, 1.165) is 30.5 Å². The molecule has 2 unspecified atom stereocenters. The van der Waals surface area contributed by atoms with Crippen molar-refractivity contribution >= 4 is 17.5 Å². The van der Waals surface area contributed by atoms with Crippen molar-refractivity contribution in [3.63, 3.8) is 0 Å². The second kappa shape index (κ2) is 7.66. The Balaban J connectivity index is 1.49. The van der Waals surface area contributed by atoms with Gasteiger partial charge in [-0.15, -0.1) is 0 Å². The van der Waals surface area contributed by atoms with Gasteiger partial charge in [-0.3, -0.25) is 9.59 Å². The highest BCUT2D eigenvalue weighted by Gasteiger charge is 2.37. The first kappa shape index (κ1) is 18.5. The lowest BCUT2D eigenvalue weighted by atomic mass is 9.87. The largest absolute Gasteiger partial charge is 0.495 e. The highest BCUT2D eigenvalue weighted by atomic mass is 16.5. The number of nitrogens with one attached hydrogen (secondary N) is 1. The van der Waals surface area contributed by atoms with Crippen molar-refractivity contribution in [1.82, 2.24) is 5.32 Å². The molecule has 0 radical (unpaired) electrons. The van der Waals surface area contributed by atoms with Gasteiger partial charge in [-0.1, -0.05) is 30.3 Å². The highest BCUT2D eigenvalue weighted by molar-refractivity contribution is 6.01. The fraction of sp³-hybridized carbons (Fsp3) is 0.391. The topological polar surface area (TPSA) is 58.6 Å². The fourth-order valence-electron chi connectivity index (χ4n) is 4.32. The molecule has 1 heterocycles. The molecule has 146 valence electrons. The Bertz CT molecular complexity index is 908. The van der Waals surface area contributed by atoms with Crippen LogP contribution in [0.1, 0.15) is 42.0 Å². The summed E-state index contributed by atoms with van der Waals surface area (Å²) in [6.45, 7) is 2.37. The van der Waals surface area contributed by atoms with Crippen molar-refractivity contribution in [3.05, 3.63) is 59.2 Å². The van der Waals surface area contributed by atoms with Crippen molar-refractivity contribution in [2.45, 2.75) is 38.6 Å². The third kappa shape index (κ3) is 3.49. The van der Waals surface area contributed by atoms with Crippen LogP contribution in [0.2, 0.25) is 0 Å². The van der Waals surface area contributed by atoms with Gasteiger partial charge in [-0.25, -0.2) is 0 Å². The van der Waals surface area contributed by atoms with Gasteiger partial charge in [0.15, 0.2) is 0 Å². The number of rotatable bonds is 4. The molecule has 1 fully saturated rings. The quantitative estimate of drug-likeness (QED) is 0.885. The minimum Gasteiger partial charge on any atom is -0.495 e. The molecule has 4 rings (SSSR count). The van der Waals surface area contributed by atoms with Gasteiger partial charge in [0.1, 0.15) is 5.75 Å². The number of hydrogen-bond acceptors (Lipinski definition) is 3. The number of anilines is 1. The van der Waals surface area contributed by atoms with Crippen LogP contribution in [0.25, 0.3) is 0 Å². The monoisotopic (exact) mass is 378 g/mol. The zero-order valence-corrected chi connectivity index (χ0v) is 16.4. The van der Waals surface area contributed by atoms with Crippen molar-refractivity contribution < 1.29 is 14.3 Å². The summed E-state index contributed by atoms with van der Waals surface area (Å²) >= 11 is 0. The highest BCUT2D eigenvalue weighted by Crippen LogP contribution is 2.35. The van der Waals surface area contributed by atoms with Gasteiger partial charge in [0.2, 0.25) is 11.8 Å². The van der Waals surface area contributed by atoms with Crippen LogP contribution in [0.5, 0.6) is 5.75 Å². The first-order valence-electron chi connectivity index (χ1n) is 9.90. The van der Waals surface area contributed by atoms with Crippen molar-refractivity contribution in [1.29, 1.82) is 0 Å². The number of benzene rings is 2. The van der Waals surface area contributed by atoms with Gasteiger partial charge in [0.05, 0.1) is 24.8 Å². The predicted octanol–water partition coefficient (Wildman–Crippen LogP) is 3.55. The maximum Gasteiger partial charge on any atom is 0.227 e. The number of carbonyl (C=O) groups excluding carboxylic acids is 2. The van der Waals surface area contributed by atoms with Gasteiger partial charge in [-0.05, 0) is 55.0 Å². The van der Waals surface area contributed by atoms with E-state index in [2.05, 4.69) is 17.4 Å². The number of carbonyl (C=O) groups is 2. The van der Waals surface area contributed by atoms with Crippen molar-refractivity contribution in [2.24, 2.45) is 5.92 Å². The van der Waals surface area contributed by atoms with E-state index in [1.165, 1.54) is 11.1 Å². The molecule has 0 bridgehead atoms. The van der Waals surface area contributed by atoms with Crippen LogP contribution in [0.3, 0.4) is 0 Å². The van der Waals surface area contributed by atoms with Gasteiger partial charge in [0.25, 0.3) is 0 Å². The normalized spacial score (nSPS) is 21.4. The molecule has 1 aliphatic carbocycles. The molecule has 1 aliphatic heterocycles. The summed E-state index contributed by atoms with van der Waals surface area (Å²) in [5.74, 6) is 0.241. The van der Waals surface area contributed by atoms with E-state index in [9.17, 15) is 9.59 Å². The Kier molecular flexibility index (Phi) is 5.07. The van der Waals surface area contributed by atoms with Crippen LogP contribution in [0.15, 0.2) is 42.5 Å². The number of ether oxygens (including phenoxy) is 1. The van der Waals surface area contributed by atoms with Gasteiger partial charge in [-0.2, -0.15) is 0 Å². The summed E-state index contributed by atoms with van der Waals surface area (Å²) < 4.78 is 5.42. The average Bonchev–Trinajstić information content (AvgIpc) is 3.10. The van der Waals surface area contributed by atoms with Crippen LogP contribution in [-0.4, -0.2) is 25.5 Å². The van der Waals surface area contributed by atoms with Crippen LogP contribution in [0.4, 0.5) is 5.69 Å². The maximum absolute atomic E-state index is 12.9. The third-order valence-electron chi connectivity index (χ3n) is 5.81. The standard InChI is InChI=1S/C23H26N2O3/c1-15-10-11-21(28-2)20(12-15)25-14-17(13-22(25)26)23(27)24-19-9-5-7-16-6-3-4-8-18(16)19/h3-4,6,8,10-12,17,19H,5,7,9,13-14H2,1-2H3,(H,24,27). The Morgan fingerprint density at radius 3 is 2.86 bits per heavy atom. The molecule has 0 spiro atoms. The number of fused-ring (bicyclic) bond motifs is 1. The number of aryl methyl sites for hydroxylation is 2. The number of hydrogen-bond donors (Lipinski definition) is 1. The molecule has 2 aliphatic rings. The van der Waals surface area contributed by atoms with E-state index in [-0.39, 0.29) is 30.2 Å². The SMILES string of the molecule is COc1ccc(C)cc1N1CC(C(=O)NC2CCCc3ccccc32)CC1=O. The van der Waals surface area contributed by atoms with Crippen molar-refractivity contribution in [3.8, 4) is 5.75 Å². The average molecular weight is 378 g/mol. The predicted molar refractivity (Wildman–Crippen MR) is 108 cm³/mol. The summed E-state index contributed by atoms with van der Waals surface area (Å²) in [5, 5.41) is 3.20. The molecule has 1 saturated heterocycles. The zero-order valence-electron chi connectivity index (χ0n) is 16.4. The van der Waals surface area contributed by atoms with Crippen LogP contribution in [-0.2, 0) is 16.0 Å². The van der Waals surface area contributed by atoms with E-state index in [4.69, 9.17) is 4.74 Å². The molecule has 0 saturated carbocycles. The maximum atomic E-state index is 12.9. The Labute approximate surface area is 165 Å². The van der Waals surface area contributed by atoms with E-state index in [1.807, 2.05) is 37.3 Å². The lowest BCUT2D eigenvalue weighted by Crippen LogP contribution is -2.36. The Morgan fingerprint density at radius 1 is 1.21 bits per heavy atom. The van der Waals surface area contributed by atoms with E-state index in [1.54, 1.807) is 12.0 Å². The summed E-state index contributed by atoms with van der Waals surface area (Å²) in [4.78, 5) is 27.3. The molecule has 2 amide bonds. The van der Waals surface area contributed by atoms with Crippen LogP contribution >= 0.6 is 0 Å². The number of amides is 2. The minimum absolute atomic E-state index is 0.0342. The second-order valence-electron chi connectivity index (χ2n) is 7.73. The van der Waals surface area contributed by atoms with Gasteiger partial charge in [0, 0.05) is 13.0 Å². The Hall–Kier alpha value is -2.82. The zero-order chi connectivity index (χ0) is 19.7. The molecule has 2 atom stereocenters. The molecule has 28 heavy (non-hydrogen) atoms. The molecular formula is C23H26N2O3. The molecule has 1 N–H and O–H groups in total. The first-order chi connectivity index (χ1) is 13.6. The summed E-state index contributed by atoms with van der Waals surface area (Å²) in [5.41, 5.74) is 4.32. The van der Waals surface area contributed by atoms with Crippen LogP contribution in [0, 0.1) is 12.8 Å². The Morgan fingerprint density at radius 2 is 2.04 bits per heavy atom. The van der Waals surface area contributed by atoms with E-state index >= 15 is 0 Å². The minimum atomic E-state index is -0.341. The smallest absolute Gasteiger partial charge is 0.227 e. The molecule has 5 heteroatoms. The number of methoxy groups -OCH3 is 1. The lowest BCUT2D eigenvalue weighted by molar-refractivity contribution is -0.127. The lowest BCUT2D eigenvalue weighted by Gasteiger charge is -2.27. The number of nitrogens with zero attached hydrogens (tertiary/aromatic N) is 1. The van der Waals surface area contributed by atoms with E-state index in [0.29, 0.717) is 12.3 Å². The summed E-state index contributed by atoms with van der Waals surface area (Å²) in [7, 11) is 1.60. The van der Waals surface area contributed by atoms with Gasteiger partial charge < -0.3 is 15.0 Å². The third-order valence-corrected chi connectivity index (χ3v) is 5.81. The van der Waals surface area contributed by atoms with Crippen LogP contribution < -0.4 is 15.0 Å². The molecular weight excluding hydrogens is 352 g/mol.